The van der Waals surface area contributed by atoms with Gasteiger partial charge in [-0.25, -0.2) is 13.1 Å². The Hall–Kier alpha value is -1.60. The number of sulfonamides is 1. The van der Waals surface area contributed by atoms with E-state index in [0.29, 0.717) is 21.3 Å². The highest BCUT2D eigenvalue weighted by Crippen LogP contribution is 2.23. The number of halogens is 2. The Bertz CT molecular complexity index is 868. The molecule has 25 heavy (non-hydrogen) atoms. The zero-order chi connectivity index (χ0) is 18.6. The van der Waals surface area contributed by atoms with Gasteiger partial charge in [-0.15, -0.1) is 0 Å². The van der Waals surface area contributed by atoms with E-state index in [1.54, 1.807) is 42.5 Å². The molecule has 0 heterocycles. The maximum Gasteiger partial charge on any atom is 0.226 e. The van der Waals surface area contributed by atoms with Crippen LogP contribution < -0.4 is 10.0 Å². The van der Waals surface area contributed by atoms with Crippen molar-refractivity contribution in [2.24, 2.45) is 0 Å². The van der Waals surface area contributed by atoms with Crippen molar-refractivity contribution in [2.45, 2.75) is 19.4 Å². The second kappa shape index (κ2) is 8.19. The second-order valence-electron chi connectivity index (χ2n) is 5.71. The summed E-state index contributed by atoms with van der Waals surface area (Å²) in [5.74, 6) is -0.332. The molecule has 2 N–H and O–H groups in total. The van der Waals surface area contributed by atoms with Crippen LogP contribution in [0.5, 0.6) is 0 Å². The number of amides is 1. The van der Waals surface area contributed by atoms with Gasteiger partial charge in [-0.05, 0) is 42.3 Å². The number of nitrogens with one attached hydrogen (secondary N) is 2. The first kappa shape index (κ1) is 19.7. The zero-order valence-electron chi connectivity index (χ0n) is 13.7. The normalized spacial score (nSPS) is 12.6. The largest absolute Gasteiger partial charge is 0.326 e. The minimum atomic E-state index is -3.50. The smallest absolute Gasteiger partial charge is 0.226 e. The average molecular weight is 401 g/mol. The summed E-state index contributed by atoms with van der Waals surface area (Å²) in [6, 6.07) is 11.1. The third-order valence-corrected chi connectivity index (χ3v) is 4.69. The molecular formula is C17H18Cl2N2O3S. The van der Waals surface area contributed by atoms with Gasteiger partial charge in [0.2, 0.25) is 15.9 Å². The monoisotopic (exact) mass is 400 g/mol. The predicted molar refractivity (Wildman–Crippen MR) is 102 cm³/mol. The second-order valence-corrected chi connectivity index (χ2v) is 8.36. The van der Waals surface area contributed by atoms with Crippen molar-refractivity contribution in [1.82, 2.24) is 4.72 Å². The molecule has 1 unspecified atom stereocenters. The molecule has 0 spiro atoms. The summed E-state index contributed by atoms with van der Waals surface area (Å²) in [5, 5.41) is 3.80. The van der Waals surface area contributed by atoms with Crippen molar-refractivity contribution in [2.75, 3.05) is 11.6 Å². The highest BCUT2D eigenvalue weighted by Gasteiger charge is 2.20. The molecule has 0 radical (unpaired) electrons. The van der Waals surface area contributed by atoms with Gasteiger partial charge in [0.05, 0.1) is 12.3 Å². The average Bonchev–Trinajstić information content (AvgIpc) is 2.49. The molecular weight excluding hydrogens is 383 g/mol. The van der Waals surface area contributed by atoms with Gasteiger partial charge in [0.15, 0.2) is 0 Å². The predicted octanol–water partition coefficient (Wildman–Crippen LogP) is 3.92. The number of rotatable bonds is 6. The molecule has 0 aromatic heterocycles. The highest BCUT2D eigenvalue weighted by molar-refractivity contribution is 7.88. The van der Waals surface area contributed by atoms with Gasteiger partial charge < -0.3 is 5.32 Å². The third-order valence-electron chi connectivity index (χ3n) is 3.49. The van der Waals surface area contributed by atoms with E-state index in [0.717, 1.165) is 11.8 Å². The van der Waals surface area contributed by atoms with Crippen LogP contribution in [0, 0.1) is 6.92 Å². The summed E-state index contributed by atoms with van der Waals surface area (Å²) in [7, 11) is -3.50. The van der Waals surface area contributed by atoms with Gasteiger partial charge >= 0.3 is 0 Å². The number of anilines is 1. The van der Waals surface area contributed by atoms with Crippen LogP contribution >= 0.6 is 23.2 Å². The molecule has 0 fully saturated rings. The third kappa shape index (κ3) is 6.32. The Labute approximate surface area is 157 Å². The van der Waals surface area contributed by atoms with Gasteiger partial charge in [-0.2, -0.15) is 0 Å². The number of carbonyl (C=O) groups is 1. The lowest BCUT2D eigenvalue weighted by Crippen LogP contribution is -2.30. The Morgan fingerprint density at radius 1 is 1.08 bits per heavy atom. The van der Waals surface area contributed by atoms with E-state index in [9.17, 15) is 13.2 Å². The SMILES string of the molecule is Cc1ccc(Cl)cc1NC(=O)CC(NS(C)(=O)=O)c1ccc(Cl)cc1. The minimum Gasteiger partial charge on any atom is -0.326 e. The lowest BCUT2D eigenvalue weighted by molar-refractivity contribution is -0.116. The Kier molecular flexibility index (Phi) is 6.46. The van der Waals surface area contributed by atoms with Gasteiger partial charge in [0.1, 0.15) is 0 Å². The summed E-state index contributed by atoms with van der Waals surface area (Å²) in [5.41, 5.74) is 2.09. The van der Waals surface area contributed by atoms with Gasteiger partial charge in [0, 0.05) is 22.2 Å². The van der Waals surface area contributed by atoms with Crippen LogP contribution in [0.3, 0.4) is 0 Å². The molecule has 2 rings (SSSR count). The topological polar surface area (TPSA) is 75.3 Å². The maximum absolute atomic E-state index is 12.4. The molecule has 2 aromatic carbocycles. The molecule has 0 aliphatic carbocycles. The molecule has 8 heteroatoms. The maximum atomic E-state index is 12.4. The first-order chi connectivity index (χ1) is 11.6. The lowest BCUT2D eigenvalue weighted by Gasteiger charge is -2.18. The standard InChI is InChI=1S/C17H18Cl2N2O3S/c1-11-3-6-14(19)9-15(11)20-17(22)10-16(21-25(2,23)24)12-4-7-13(18)8-5-12/h3-9,16,21H,10H2,1-2H3,(H,20,22). The first-order valence-corrected chi connectivity index (χ1v) is 10.1. The summed E-state index contributed by atoms with van der Waals surface area (Å²) in [4.78, 5) is 12.4. The fourth-order valence-electron chi connectivity index (χ4n) is 2.30. The summed E-state index contributed by atoms with van der Waals surface area (Å²) in [6.07, 6.45) is 0.982. The van der Waals surface area contributed by atoms with E-state index in [1.165, 1.54) is 0 Å². The molecule has 0 bridgehead atoms. The van der Waals surface area contributed by atoms with Crippen LogP contribution in [0.1, 0.15) is 23.6 Å². The van der Waals surface area contributed by atoms with Crippen LogP contribution in [0.25, 0.3) is 0 Å². The zero-order valence-corrected chi connectivity index (χ0v) is 16.0. The van der Waals surface area contributed by atoms with Gasteiger partial charge in [-0.1, -0.05) is 41.4 Å². The summed E-state index contributed by atoms with van der Waals surface area (Å²) >= 11 is 11.8. The quantitative estimate of drug-likeness (QED) is 0.771. The van der Waals surface area contributed by atoms with Crippen LogP contribution in [0.4, 0.5) is 5.69 Å². The van der Waals surface area contributed by atoms with E-state index in [1.807, 2.05) is 6.92 Å². The Morgan fingerprint density at radius 3 is 2.28 bits per heavy atom. The summed E-state index contributed by atoms with van der Waals surface area (Å²) < 4.78 is 25.7. The van der Waals surface area contributed by atoms with E-state index in [4.69, 9.17) is 23.2 Å². The number of carbonyl (C=O) groups excluding carboxylic acids is 1. The van der Waals surface area contributed by atoms with Crippen molar-refractivity contribution in [3.8, 4) is 0 Å². The van der Waals surface area contributed by atoms with Gasteiger partial charge in [-0.3, -0.25) is 4.79 Å². The molecule has 0 saturated carbocycles. The Balaban J connectivity index is 2.19. The molecule has 0 aliphatic rings. The fraction of sp³-hybridized carbons (Fsp3) is 0.235. The Morgan fingerprint density at radius 2 is 1.68 bits per heavy atom. The lowest BCUT2D eigenvalue weighted by atomic mass is 10.0. The van der Waals surface area contributed by atoms with E-state index >= 15 is 0 Å². The van der Waals surface area contributed by atoms with Gasteiger partial charge in [0.25, 0.3) is 0 Å². The van der Waals surface area contributed by atoms with E-state index in [2.05, 4.69) is 10.0 Å². The fourth-order valence-corrected chi connectivity index (χ4v) is 3.33. The van der Waals surface area contributed by atoms with Crippen molar-refractivity contribution < 1.29 is 13.2 Å². The van der Waals surface area contributed by atoms with Crippen LogP contribution in [0.15, 0.2) is 42.5 Å². The number of hydrogen-bond acceptors (Lipinski definition) is 3. The summed E-state index contributed by atoms with van der Waals surface area (Å²) in [6.45, 7) is 1.84. The van der Waals surface area contributed by atoms with Crippen LogP contribution in [-0.4, -0.2) is 20.6 Å². The number of benzene rings is 2. The number of aryl methyl sites for hydroxylation is 1. The number of hydrogen-bond donors (Lipinski definition) is 2. The molecule has 134 valence electrons. The van der Waals surface area contributed by atoms with Crippen molar-refractivity contribution in [3.63, 3.8) is 0 Å². The van der Waals surface area contributed by atoms with Crippen LogP contribution in [-0.2, 0) is 14.8 Å². The van der Waals surface area contributed by atoms with Crippen molar-refractivity contribution >= 4 is 44.8 Å². The van der Waals surface area contributed by atoms with Crippen LogP contribution in [0.2, 0.25) is 10.0 Å². The molecule has 5 nitrogen and oxygen atoms in total. The molecule has 2 aromatic rings. The molecule has 0 saturated heterocycles. The molecule has 1 atom stereocenters. The molecule has 0 aliphatic heterocycles. The minimum absolute atomic E-state index is 0.0688. The van der Waals surface area contributed by atoms with Crippen molar-refractivity contribution in [1.29, 1.82) is 0 Å². The van der Waals surface area contributed by atoms with Crippen molar-refractivity contribution in [3.05, 3.63) is 63.6 Å². The first-order valence-electron chi connectivity index (χ1n) is 7.43. The molecule has 1 amide bonds. The van der Waals surface area contributed by atoms with E-state index in [-0.39, 0.29) is 12.3 Å². The highest BCUT2D eigenvalue weighted by atomic mass is 35.5. The van der Waals surface area contributed by atoms with E-state index < -0.39 is 16.1 Å².